The molecule has 4 rings (SSSR count). The lowest BCUT2D eigenvalue weighted by molar-refractivity contribution is 0.789. The minimum atomic E-state index is 0.514. The van der Waals surface area contributed by atoms with Crippen molar-refractivity contribution in [3.63, 3.8) is 0 Å². The first-order chi connectivity index (χ1) is 13.6. The maximum Gasteiger partial charge on any atom is 0.227 e. The number of nitrogens with one attached hydrogen (secondary N) is 3. The number of pyridine rings is 1. The average Bonchev–Trinajstić information content (AvgIpc) is 2.81. The van der Waals surface area contributed by atoms with Crippen molar-refractivity contribution in [2.45, 2.75) is 12.8 Å². The Labute approximate surface area is 173 Å². The molecule has 1 aromatic carbocycles. The molecule has 0 atom stereocenters. The Hall–Kier alpha value is -2.61. The van der Waals surface area contributed by atoms with Crippen LogP contribution in [0.4, 0.5) is 17.3 Å². The SMILES string of the molecule is CNCCc1cncc(Nc2ncc3c(n2)-c2ccc(Cl)cc2NC(=S)C3)c1. The minimum absolute atomic E-state index is 0.514. The van der Waals surface area contributed by atoms with Crippen LogP contribution in [0.3, 0.4) is 0 Å². The van der Waals surface area contributed by atoms with E-state index in [-0.39, 0.29) is 0 Å². The van der Waals surface area contributed by atoms with Gasteiger partial charge < -0.3 is 16.0 Å². The predicted molar refractivity (Wildman–Crippen MR) is 118 cm³/mol. The number of benzene rings is 1. The van der Waals surface area contributed by atoms with Gasteiger partial charge in [0, 0.05) is 40.7 Å². The van der Waals surface area contributed by atoms with E-state index in [0.717, 1.165) is 46.7 Å². The summed E-state index contributed by atoms with van der Waals surface area (Å²) in [7, 11) is 1.94. The van der Waals surface area contributed by atoms with Gasteiger partial charge in [0.1, 0.15) is 0 Å². The third-order valence-corrected chi connectivity index (χ3v) is 4.92. The molecular weight excluding hydrogens is 392 g/mol. The lowest BCUT2D eigenvalue weighted by Crippen LogP contribution is -2.11. The van der Waals surface area contributed by atoms with E-state index in [0.29, 0.717) is 22.4 Å². The molecule has 8 heteroatoms. The zero-order valence-electron chi connectivity index (χ0n) is 15.3. The van der Waals surface area contributed by atoms with E-state index in [1.807, 2.05) is 37.6 Å². The number of likely N-dealkylation sites (N-methyl/N-ethyl adjacent to an activating group) is 1. The first-order valence-electron chi connectivity index (χ1n) is 8.93. The van der Waals surface area contributed by atoms with Crippen LogP contribution >= 0.6 is 23.8 Å². The summed E-state index contributed by atoms with van der Waals surface area (Å²) in [5, 5.41) is 10.3. The Bertz CT molecular complexity index is 1040. The first-order valence-corrected chi connectivity index (χ1v) is 9.72. The Morgan fingerprint density at radius 1 is 1.21 bits per heavy atom. The summed E-state index contributed by atoms with van der Waals surface area (Å²) in [6.45, 7) is 0.896. The number of hydrogen-bond acceptors (Lipinski definition) is 6. The molecule has 0 unspecified atom stereocenters. The van der Waals surface area contributed by atoms with Gasteiger partial charge in [0.25, 0.3) is 0 Å². The molecule has 0 amide bonds. The van der Waals surface area contributed by atoms with Gasteiger partial charge in [0.2, 0.25) is 5.95 Å². The largest absolute Gasteiger partial charge is 0.349 e. The highest BCUT2D eigenvalue weighted by Crippen LogP contribution is 2.35. The standard InChI is InChI=1S/C20H19ClN6S/c1-22-5-4-12-6-15(11-23-9-12)25-20-24-10-13-7-18(28)26-17-8-14(21)2-3-16(17)19(13)27-20/h2-3,6,8-11,22H,4-5,7H2,1H3,(H,26,28)(H,24,25,27). The van der Waals surface area contributed by atoms with E-state index < -0.39 is 0 Å². The summed E-state index contributed by atoms with van der Waals surface area (Å²) >= 11 is 11.6. The van der Waals surface area contributed by atoms with Gasteiger partial charge in [-0.3, -0.25) is 4.98 Å². The predicted octanol–water partition coefficient (Wildman–Crippen LogP) is 3.99. The zero-order chi connectivity index (χ0) is 19.5. The number of halogens is 1. The van der Waals surface area contributed by atoms with Gasteiger partial charge in [-0.25, -0.2) is 9.97 Å². The summed E-state index contributed by atoms with van der Waals surface area (Å²) in [6.07, 6.45) is 6.94. The highest BCUT2D eigenvalue weighted by Gasteiger charge is 2.19. The molecule has 3 N–H and O–H groups in total. The van der Waals surface area contributed by atoms with E-state index in [1.54, 1.807) is 6.20 Å². The Morgan fingerprint density at radius 2 is 2.11 bits per heavy atom. The number of anilines is 3. The van der Waals surface area contributed by atoms with Crippen LogP contribution < -0.4 is 16.0 Å². The lowest BCUT2D eigenvalue weighted by Gasteiger charge is -2.11. The van der Waals surface area contributed by atoms with Crippen LogP contribution in [0.2, 0.25) is 5.02 Å². The smallest absolute Gasteiger partial charge is 0.227 e. The van der Waals surface area contributed by atoms with Crippen molar-refractivity contribution in [2.75, 3.05) is 24.2 Å². The molecule has 0 bridgehead atoms. The number of hydrogen-bond donors (Lipinski definition) is 3. The third-order valence-electron chi connectivity index (χ3n) is 4.44. The summed E-state index contributed by atoms with van der Waals surface area (Å²) in [5.41, 5.74) is 5.62. The average molecular weight is 411 g/mol. The van der Waals surface area contributed by atoms with E-state index in [4.69, 9.17) is 28.8 Å². The summed E-state index contributed by atoms with van der Waals surface area (Å²) in [5.74, 6) is 0.514. The van der Waals surface area contributed by atoms with Crippen molar-refractivity contribution < 1.29 is 0 Å². The zero-order valence-corrected chi connectivity index (χ0v) is 16.9. The molecule has 0 saturated heterocycles. The van der Waals surface area contributed by atoms with Crippen LogP contribution in [0.1, 0.15) is 11.1 Å². The van der Waals surface area contributed by atoms with E-state index >= 15 is 0 Å². The quantitative estimate of drug-likeness (QED) is 0.549. The molecule has 3 heterocycles. The monoisotopic (exact) mass is 410 g/mol. The lowest BCUT2D eigenvalue weighted by atomic mass is 10.1. The van der Waals surface area contributed by atoms with Crippen LogP contribution in [0.5, 0.6) is 0 Å². The first kappa shape index (κ1) is 18.7. The van der Waals surface area contributed by atoms with Crippen LogP contribution in [-0.4, -0.2) is 33.5 Å². The van der Waals surface area contributed by atoms with Crippen molar-refractivity contribution in [1.82, 2.24) is 20.3 Å². The fourth-order valence-electron chi connectivity index (χ4n) is 3.11. The maximum atomic E-state index is 6.15. The molecule has 6 nitrogen and oxygen atoms in total. The molecule has 0 aliphatic carbocycles. The highest BCUT2D eigenvalue weighted by atomic mass is 35.5. The van der Waals surface area contributed by atoms with Crippen molar-refractivity contribution in [1.29, 1.82) is 0 Å². The van der Waals surface area contributed by atoms with Gasteiger partial charge in [-0.15, -0.1) is 0 Å². The Kier molecular flexibility index (Phi) is 5.47. The summed E-state index contributed by atoms with van der Waals surface area (Å²) in [4.78, 5) is 14.3. The van der Waals surface area contributed by atoms with Crippen LogP contribution in [-0.2, 0) is 12.8 Å². The Balaban J connectivity index is 1.68. The second-order valence-corrected chi connectivity index (χ2v) is 7.47. The molecule has 1 aliphatic rings. The van der Waals surface area contributed by atoms with Crippen LogP contribution in [0, 0.1) is 0 Å². The highest BCUT2D eigenvalue weighted by molar-refractivity contribution is 7.80. The van der Waals surface area contributed by atoms with Gasteiger partial charge in [-0.2, -0.15) is 0 Å². The van der Waals surface area contributed by atoms with Gasteiger partial charge in [-0.1, -0.05) is 23.8 Å². The molecule has 142 valence electrons. The second-order valence-electron chi connectivity index (χ2n) is 6.54. The van der Waals surface area contributed by atoms with Crippen LogP contribution in [0.25, 0.3) is 11.3 Å². The summed E-state index contributed by atoms with van der Waals surface area (Å²) < 4.78 is 0. The van der Waals surface area contributed by atoms with E-state index in [2.05, 4.69) is 32.0 Å². The van der Waals surface area contributed by atoms with E-state index in [9.17, 15) is 0 Å². The molecule has 0 fully saturated rings. The minimum Gasteiger partial charge on any atom is -0.349 e. The van der Waals surface area contributed by atoms with Gasteiger partial charge in [0.05, 0.1) is 22.6 Å². The second kappa shape index (κ2) is 8.18. The number of fused-ring (bicyclic) bond motifs is 3. The van der Waals surface area contributed by atoms with Crippen molar-refractivity contribution in [2.24, 2.45) is 0 Å². The molecule has 1 aliphatic heterocycles. The van der Waals surface area contributed by atoms with Gasteiger partial charge >= 0.3 is 0 Å². The molecule has 0 radical (unpaired) electrons. The Morgan fingerprint density at radius 3 is 2.96 bits per heavy atom. The van der Waals surface area contributed by atoms with Gasteiger partial charge in [0.15, 0.2) is 0 Å². The maximum absolute atomic E-state index is 6.15. The topological polar surface area (TPSA) is 74.8 Å². The van der Waals surface area contributed by atoms with Crippen molar-refractivity contribution >= 4 is 46.1 Å². The van der Waals surface area contributed by atoms with Crippen molar-refractivity contribution in [3.8, 4) is 11.3 Å². The number of thiocarbonyl (C=S) groups is 1. The number of nitrogens with zero attached hydrogens (tertiary/aromatic N) is 3. The fraction of sp³-hybridized carbons (Fsp3) is 0.200. The molecule has 2 aromatic heterocycles. The molecule has 3 aromatic rings. The molecule has 0 saturated carbocycles. The normalized spacial score (nSPS) is 12.6. The van der Waals surface area contributed by atoms with Gasteiger partial charge in [-0.05, 0) is 49.8 Å². The number of rotatable bonds is 5. The third kappa shape index (κ3) is 4.11. The van der Waals surface area contributed by atoms with Crippen molar-refractivity contribution in [3.05, 3.63) is 59.0 Å². The van der Waals surface area contributed by atoms with Crippen LogP contribution in [0.15, 0.2) is 42.9 Å². The van der Waals surface area contributed by atoms with E-state index in [1.165, 1.54) is 0 Å². The fourth-order valence-corrected chi connectivity index (χ4v) is 3.55. The molecule has 0 spiro atoms. The molecular formula is C20H19ClN6S. The number of aromatic nitrogens is 3. The summed E-state index contributed by atoms with van der Waals surface area (Å²) in [6, 6.07) is 7.73. The molecule has 28 heavy (non-hydrogen) atoms.